The Morgan fingerprint density at radius 1 is 0.786 bits per heavy atom. The van der Waals surface area contributed by atoms with Gasteiger partial charge < -0.3 is 10.2 Å². The molecule has 0 aliphatic rings. The fraction of sp³-hybridized carbons (Fsp3) is 0.500. The van der Waals surface area contributed by atoms with Gasteiger partial charge in [-0.15, -0.1) is 0 Å². The maximum atomic E-state index is 9.72. The van der Waals surface area contributed by atoms with Crippen LogP contribution in [0, 0.1) is 0 Å². The van der Waals surface area contributed by atoms with Gasteiger partial charge in [-0.25, -0.2) is 0 Å². The largest absolute Gasteiger partial charge is 0.508 e. The lowest BCUT2D eigenvalue weighted by Crippen LogP contribution is -1.93. The van der Waals surface area contributed by atoms with E-state index in [0.29, 0.717) is 0 Å². The molecule has 0 heterocycles. The first-order valence-electron chi connectivity index (χ1n) is 4.99. The molecular weight excluding hydrogens is 176 g/mol. The summed E-state index contributed by atoms with van der Waals surface area (Å²) in [5.41, 5.74) is 1.60. The first kappa shape index (κ1) is 10.9. The number of hydrogen-bond donors (Lipinski definition) is 2. The van der Waals surface area contributed by atoms with Gasteiger partial charge in [0.1, 0.15) is 11.5 Å². The summed E-state index contributed by atoms with van der Waals surface area (Å²) in [4.78, 5) is 0. The van der Waals surface area contributed by atoms with Crippen molar-refractivity contribution in [1.29, 1.82) is 0 Å². The average molecular weight is 194 g/mol. The van der Waals surface area contributed by atoms with Crippen LogP contribution in [0.4, 0.5) is 0 Å². The molecular formula is C12H18O2. The third kappa shape index (κ3) is 2.00. The second-order valence-electron chi connectivity index (χ2n) is 4.28. The fourth-order valence-electron chi connectivity index (χ4n) is 1.53. The summed E-state index contributed by atoms with van der Waals surface area (Å²) in [5.74, 6) is 1.01. The minimum Gasteiger partial charge on any atom is -0.508 e. The van der Waals surface area contributed by atoms with E-state index < -0.39 is 0 Å². The van der Waals surface area contributed by atoms with Crippen LogP contribution in [0.5, 0.6) is 11.5 Å². The minimum atomic E-state index is 0.224. The van der Waals surface area contributed by atoms with E-state index in [1.54, 1.807) is 12.1 Å². The monoisotopic (exact) mass is 194 g/mol. The van der Waals surface area contributed by atoms with Crippen LogP contribution in [0.25, 0.3) is 0 Å². The molecule has 2 heteroatoms. The fourth-order valence-corrected chi connectivity index (χ4v) is 1.53. The first-order chi connectivity index (χ1) is 6.43. The number of aromatic hydroxyl groups is 2. The van der Waals surface area contributed by atoms with Crippen LogP contribution in [-0.2, 0) is 0 Å². The lowest BCUT2D eigenvalue weighted by molar-refractivity contribution is 0.443. The molecule has 1 rings (SSSR count). The first-order valence-corrected chi connectivity index (χ1v) is 4.99. The lowest BCUT2D eigenvalue weighted by Gasteiger charge is -2.14. The van der Waals surface area contributed by atoms with Crippen molar-refractivity contribution in [2.45, 2.75) is 39.5 Å². The van der Waals surface area contributed by atoms with Crippen LogP contribution in [0.2, 0.25) is 0 Å². The van der Waals surface area contributed by atoms with Gasteiger partial charge in [-0.1, -0.05) is 27.7 Å². The molecule has 0 saturated carbocycles. The van der Waals surface area contributed by atoms with E-state index in [9.17, 15) is 10.2 Å². The average Bonchev–Trinajstić information content (AvgIpc) is 2.07. The molecule has 78 valence electrons. The van der Waals surface area contributed by atoms with Gasteiger partial charge in [-0.2, -0.15) is 0 Å². The molecule has 2 N–H and O–H groups in total. The maximum absolute atomic E-state index is 9.72. The highest BCUT2D eigenvalue weighted by molar-refractivity contribution is 5.47. The van der Waals surface area contributed by atoms with Crippen molar-refractivity contribution in [3.8, 4) is 11.5 Å². The van der Waals surface area contributed by atoms with E-state index in [1.165, 1.54) is 0 Å². The van der Waals surface area contributed by atoms with E-state index in [2.05, 4.69) is 0 Å². The highest BCUT2D eigenvalue weighted by Crippen LogP contribution is 2.35. The third-order valence-corrected chi connectivity index (χ3v) is 2.42. The van der Waals surface area contributed by atoms with Gasteiger partial charge in [0, 0.05) is 11.1 Å². The number of benzene rings is 1. The van der Waals surface area contributed by atoms with Crippen molar-refractivity contribution in [3.05, 3.63) is 23.3 Å². The molecule has 0 saturated heterocycles. The zero-order valence-corrected chi connectivity index (χ0v) is 9.20. The van der Waals surface area contributed by atoms with Gasteiger partial charge in [0.15, 0.2) is 0 Å². The Hall–Kier alpha value is -1.18. The summed E-state index contributed by atoms with van der Waals surface area (Å²) in [6, 6.07) is 3.32. The van der Waals surface area contributed by atoms with E-state index in [0.717, 1.165) is 11.1 Å². The molecule has 0 atom stereocenters. The van der Waals surface area contributed by atoms with Crippen molar-refractivity contribution >= 4 is 0 Å². The van der Waals surface area contributed by atoms with Gasteiger partial charge in [0.05, 0.1) is 0 Å². The normalized spacial score (nSPS) is 11.3. The van der Waals surface area contributed by atoms with E-state index in [-0.39, 0.29) is 23.3 Å². The third-order valence-electron chi connectivity index (χ3n) is 2.42. The Morgan fingerprint density at radius 3 is 1.29 bits per heavy atom. The zero-order chi connectivity index (χ0) is 10.9. The van der Waals surface area contributed by atoms with Crippen molar-refractivity contribution < 1.29 is 10.2 Å². The summed E-state index contributed by atoms with van der Waals surface area (Å²) in [5, 5.41) is 19.4. The Labute approximate surface area is 85.2 Å². The summed E-state index contributed by atoms with van der Waals surface area (Å²) in [6.45, 7) is 7.96. The lowest BCUT2D eigenvalue weighted by atomic mass is 9.95. The second kappa shape index (κ2) is 3.91. The van der Waals surface area contributed by atoms with Gasteiger partial charge >= 0.3 is 0 Å². The summed E-state index contributed by atoms with van der Waals surface area (Å²) in [7, 11) is 0. The standard InChI is InChI=1S/C12H18O2/c1-7(2)9-5-12(14)10(8(3)4)6-11(9)13/h5-8,13-14H,1-4H3. The molecule has 0 amide bonds. The number of hydrogen-bond acceptors (Lipinski definition) is 2. The number of phenolic OH excluding ortho intramolecular Hbond substituents is 2. The number of rotatable bonds is 2. The van der Waals surface area contributed by atoms with Crippen molar-refractivity contribution in [2.75, 3.05) is 0 Å². The van der Waals surface area contributed by atoms with Crippen molar-refractivity contribution in [2.24, 2.45) is 0 Å². The van der Waals surface area contributed by atoms with E-state index >= 15 is 0 Å². The predicted octanol–water partition coefficient (Wildman–Crippen LogP) is 3.34. The number of phenols is 2. The molecule has 0 bridgehead atoms. The quantitative estimate of drug-likeness (QED) is 0.709. The van der Waals surface area contributed by atoms with E-state index in [1.807, 2.05) is 27.7 Å². The molecule has 1 aromatic rings. The second-order valence-corrected chi connectivity index (χ2v) is 4.28. The summed E-state index contributed by atoms with van der Waals surface area (Å²) >= 11 is 0. The van der Waals surface area contributed by atoms with Crippen molar-refractivity contribution in [3.63, 3.8) is 0 Å². The van der Waals surface area contributed by atoms with Crippen LogP contribution in [0.3, 0.4) is 0 Å². The van der Waals surface area contributed by atoms with Crippen LogP contribution < -0.4 is 0 Å². The topological polar surface area (TPSA) is 40.5 Å². The molecule has 0 aromatic heterocycles. The van der Waals surface area contributed by atoms with Crippen LogP contribution in [0.15, 0.2) is 12.1 Å². The SMILES string of the molecule is CC(C)c1cc(O)c(C(C)C)cc1O. The van der Waals surface area contributed by atoms with Gasteiger partial charge in [0.25, 0.3) is 0 Å². The molecule has 1 aromatic carbocycles. The van der Waals surface area contributed by atoms with Gasteiger partial charge in [-0.3, -0.25) is 0 Å². The van der Waals surface area contributed by atoms with Crippen LogP contribution in [-0.4, -0.2) is 10.2 Å². The van der Waals surface area contributed by atoms with Gasteiger partial charge in [0.2, 0.25) is 0 Å². The molecule has 2 nitrogen and oxygen atoms in total. The highest BCUT2D eigenvalue weighted by Gasteiger charge is 2.12. The van der Waals surface area contributed by atoms with Crippen molar-refractivity contribution in [1.82, 2.24) is 0 Å². The summed E-state index contributed by atoms with van der Waals surface area (Å²) in [6.07, 6.45) is 0. The Bertz CT molecular complexity index is 294. The molecule has 0 radical (unpaired) electrons. The van der Waals surface area contributed by atoms with Crippen LogP contribution >= 0.6 is 0 Å². The Kier molecular flexibility index (Phi) is 3.04. The predicted molar refractivity (Wildman–Crippen MR) is 57.9 cm³/mol. The Morgan fingerprint density at radius 2 is 1.07 bits per heavy atom. The Balaban J connectivity index is 3.24. The maximum Gasteiger partial charge on any atom is 0.119 e. The molecule has 0 aliphatic carbocycles. The minimum absolute atomic E-state index is 0.224. The molecule has 0 aliphatic heterocycles. The molecule has 0 spiro atoms. The zero-order valence-electron chi connectivity index (χ0n) is 9.20. The molecule has 0 unspecified atom stereocenters. The molecule has 0 fully saturated rings. The van der Waals surface area contributed by atoms with Crippen LogP contribution in [0.1, 0.15) is 50.7 Å². The highest BCUT2D eigenvalue weighted by atomic mass is 16.3. The summed E-state index contributed by atoms with van der Waals surface area (Å²) < 4.78 is 0. The smallest absolute Gasteiger partial charge is 0.119 e. The van der Waals surface area contributed by atoms with E-state index in [4.69, 9.17) is 0 Å². The van der Waals surface area contributed by atoms with Gasteiger partial charge in [-0.05, 0) is 24.0 Å². The molecule has 14 heavy (non-hydrogen) atoms.